The molecule has 12 heteroatoms. The number of halogens is 4. The summed E-state index contributed by atoms with van der Waals surface area (Å²) in [6.45, 7) is 1.79. The lowest BCUT2D eigenvalue weighted by Crippen LogP contribution is -2.43. The number of fused-ring (bicyclic) bond motifs is 1. The maximum Gasteiger partial charge on any atom is 0.490 e. The van der Waals surface area contributed by atoms with Gasteiger partial charge >= 0.3 is 17.8 Å². The zero-order chi connectivity index (χ0) is 24.3. The number of aromatic nitrogens is 3. The average Bonchev–Trinajstić information content (AvgIpc) is 3.00. The van der Waals surface area contributed by atoms with Gasteiger partial charge in [-0.25, -0.2) is 19.0 Å². The average molecular weight is 469 g/mol. The van der Waals surface area contributed by atoms with Crippen LogP contribution in [-0.4, -0.2) is 50.5 Å². The van der Waals surface area contributed by atoms with Crippen molar-refractivity contribution in [2.75, 3.05) is 18.0 Å². The van der Waals surface area contributed by atoms with Gasteiger partial charge in [0.05, 0.1) is 12.2 Å². The first-order valence-electron chi connectivity index (χ1n) is 10.1. The zero-order valence-electron chi connectivity index (χ0n) is 17.7. The molecular weight excluding hydrogens is 446 g/mol. The van der Waals surface area contributed by atoms with E-state index in [9.17, 15) is 22.4 Å². The van der Waals surface area contributed by atoms with E-state index in [0.29, 0.717) is 11.2 Å². The first-order valence-corrected chi connectivity index (χ1v) is 10.1. The third kappa shape index (κ3) is 5.33. The second-order valence-corrected chi connectivity index (χ2v) is 7.67. The molecule has 0 radical (unpaired) electrons. The van der Waals surface area contributed by atoms with Crippen LogP contribution in [0.25, 0.3) is 11.2 Å². The quantitative estimate of drug-likeness (QED) is 0.571. The Kier molecular flexibility index (Phi) is 7.06. The highest BCUT2D eigenvalue weighted by atomic mass is 19.4. The van der Waals surface area contributed by atoms with E-state index in [1.165, 1.54) is 10.6 Å². The highest BCUT2D eigenvalue weighted by molar-refractivity contribution is 5.87. The Hall–Kier alpha value is -3.41. The van der Waals surface area contributed by atoms with Crippen LogP contribution in [0, 0.1) is 5.82 Å². The minimum absolute atomic E-state index is 0.113. The van der Waals surface area contributed by atoms with Gasteiger partial charge in [-0.05, 0) is 25.0 Å². The number of aliphatic carboxylic acids is 1. The maximum absolute atomic E-state index is 14.2. The van der Waals surface area contributed by atoms with Crippen LogP contribution in [-0.2, 0) is 18.4 Å². The molecule has 0 spiro atoms. The molecule has 1 fully saturated rings. The molecule has 178 valence electrons. The van der Waals surface area contributed by atoms with Crippen LogP contribution < -0.4 is 16.3 Å². The van der Waals surface area contributed by atoms with Crippen LogP contribution in [0.3, 0.4) is 0 Å². The second kappa shape index (κ2) is 9.61. The second-order valence-electron chi connectivity index (χ2n) is 7.67. The summed E-state index contributed by atoms with van der Waals surface area (Å²) in [5.74, 6) is -3.07. The Morgan fingerprint density at radius 2 is 1.94 bits per heavy atom. The van der Waals surface area contributed by atoms with Crippen LogP contribution in [0.1, 0.15) is 18.4 Å². The largest absolute Gasteiger partial charge is 0.490 e. The SMILES string of the molecule is Cn1c(=O)n(Cc2ccccc2F)c2c(N3CCC[C@@H](N)C3)ccnc21.O=C(O)C(F)(F)F. The maximum atomic E-state index is 14.2. The fraction of sp³-hybridized carbons (Fsp3) is 0.381. The van der Waals surface area contributed by atoms with Gasteiger partial charge in [0.15, 0.2) is 5.65 Å². The van der Waals surface area contributed by atoms with Crippen LogP contribution >= 0.6 is 0 Å². The molecule has 2 aromatic heterocycles. The van der Waals surface area contributed by atoms with Gasteiger partial charge in [-0.3, -0.25) is 9.13 Å². The number of pyridine rings is 1. The van der Waals surface area contributed by atoms with Crippen LogP contribution in [0.15, 0.2) is 41.3 Å². The van der Waals surface area contributed by atoms with Gasteiger partial charge in [0.1, 0.15) is 11.3 Å². The van der Waals surface area contributed by atoms with Crippen molar-refractivity contribution in [1.29, 1.82) is 0 Å². The highest BCUT2D eigenvalue weighted by Crippen LogP contribution is 2.27. The van der Waals surface area contributed by atoms with Crippen molar-refractivity contribution in [3.8, 4) is 0 Å². The first-order chi connectivity index (χ1) is 15.5. The first kappa shape index (κ1) is 24.2. The summed E-state index contributed by atoms with van der Waals surface area (Å²) in [5, 5.41) is 7.12. The third-order valence-electron chi connectivity index (χ3n) is 5.32. The molecule has 1 saturated heterocycles. The third-order valence-corrected chi connectivity index (χ3v) is 5.32. The molecule has 1 atom stereocenters. The minimum Gasteiger partial charge on any atom is -0.475 e. The summed E-state index contributed by atoms with van der Waals surface area (Å²) in [7, 11) is 1.70. The molecule has 4 rings (SSSR count). The van der Waals surface area contributed by atoms with E-state index in [2.05, 4.69) is 9.88 Å². The number of nitrogens with two attached hydrogens (primary N) is 1. The van der Waals surface area contributed by atoms with Crippen LogP contribution in [0.4, 0.5) is 23.2 Å². The van der Waals surface area contributed by atoms with Crippen molar-refractivity contribution >= 4 is 22.8 Å². The minimum atomic E-state index is -5.08. The number of imidazole rings is 1. The van der Waals surface area contributed by atoms with Crippen LogP contribution in [0.5, 0.6) is 0 Å². The van der Waals surface area contributed by atoms with Gasteiger partial charge in [-0.15, -0.1) is 0 Å². The number of benzene rings is 1. The smallest absolute Gasteiger partial charge is 0.475 e. The summed E-state index contributed by atoms with van der Waals surface area (Å²) in [6, 6.07) is 8.56. The van der Waals surface area contributed by atoms with E-state index >= 15 is 0 Å². The molecule has 0 bridgehead atoms. The molecule has 8 nitrogen and oxygen atoms in total. The molecule has 33 heavy (non-hydrogen) atoms. The Morgan fingerprint density at radius 1 is 1.27 bits per heavy atom. The standard InChI is InChI=1S/C19H22FN5O.C2HF3O2/c1-23-18-17(16(8-9-22-18)24-10-4-6-14(21)12-24)25(19(23)26)11-13-5-2-3-7-15(13)20;3-2(4,5)1(6)7/h2-3,5,7-9,14H,4,6,10-12,21H2,1H3;(H,6,7)/t14-;/m1./s1. The van der Waals surface area contributed by atoms with Gasteiger partial charge in [-0.2, -0.15) is 13.2 Å². The number of hydrogen-bond acceptors (Lipinski definition) is 5. The number of carbonyl (C=O) groups is 1. The molecule has 1 aliphatic rings. The van der Waals surface area contributed by atoms with E-state index in [0.717, 1.165) is 37.1 Å². The number of carboxylic acids is 1. The van der Waals surface area contributed by atoms with Gasteiger partial charge in [0.25, 0.3) is 0 Å². The molecule has 3 N–H and O–H groups in total. The summed E-state index contributed by atoms with van der Waals surface area (Å²) in [4.78, 5) is 28.3. The number of nitrogens with zero attached hydrogens (tertiary/aromatic N) is 4. The fourth-order valence-corrected chi connectivity index (χ4v) is 3.73. The number of hydrogen-bond donors (Lipinski definition) is 2. The predicted molar refractivity (Wildman–Crippen MR) is 114 cm³/mol. The summed E-state index contributed by atoms with van der Waals surface area (Å²) in [6.07, 6.45) is -1.36. The van der Waals surface area contributed by atoms with Crippen LogP contribution in [0.2, 0.25) is 0 Å². The van der Waals surface area contributed by atoms with E-state index in [4.69, 9.17) is 15.6 Å². The molecule has 0 unspecified atom stereocenters. The van der Waals surface area contributed by atoms with Crippen molar-refractivity contribution in [3.63, 3.8) is 0 Å². The number of rotatable bonds is 3. The van der Waals surface area contributed by atoms with Crippen molar-refractivity contribution in [3.05, 3.63) is 58.4 Å². The molecule has 0 saturated carbocycles. The number of alkyl halides is 3. The Labute approximate surface area is 185 Å². The van der Waals surface area contributed by atoms with E-state index in [1.54, 1.807) is 36.0 Å². The van der Waals surface area contributed by atoms with Crippen molar-refractivity contribution in [1.82, 2.24) is 14.1 Å². The molecule has 1 aromatic carbocycles. The molecule has 0 amide bonds. The summed E-state index contributed by atoms with van der Waals surface area (Å²) in [5.41, 5.74) is 8.68. The number of carboxylic acid groups (broad SMARTS) is 1. The summed E-state index contributed by atoms with van der Waals surface area (Å²) >= 11 is 0. The zero-order valence-corrected chi connectivity index (χ0v) is 17.7. The number of piperidine rings is 1. The van der Waals surface area contributed by atoms with E-state index < -0.39 is 12.1 Å². The van der Waals surface area contributed by atoms with Crippen molar-refractivity contribution < 1.29 is 27.5 Å². The number of anilines is 1. The predicted octanol–water partition coefficient (Wildman–Crippen LogP) is 2.48. The lowest BCUT2D eigenvalue weighted by atomic mass is 10.1. The fourth-order valence-electron chi connectivity index (χ4n) is 3.73. The van der Waals surface area contributed by atoms with E-state index in [-0.39, 0.29) is 24.1 Å². The van der Waals surface area contributed by atoms with Gasteiger partial charge in [-0.1, -0.05) is 18.2 Å². The molecule has 3 heterocycles. The lowest BCUT2D eigenvalue weighted by Gasteiger charge is -2.33. The monoisotopic (exact) mass is 469 g/mol. The van der Waals surface area contributed by atoms with Gasteiger partial charge < -0.3 is 15.7 Å². The number of aryl methyl sites for hydroxylation is 1. The van der Waals surface area contributed by atoms with Gasteiger partial charge in [0, 0.05) is 37.9 Å². The van der Waals surface area contributed by atoms with Gasteiger partial charge in [0.2, 0.25) is 0 Å². The van der Waals surface area contributed by atoms with E-state index in [1.807, 2.05) is 6.07 Å². The molecular formula is C21H23F4N5O3. The Morgan fingerprint density at radius 3 is 2.55 bits per heavy atom. The summed E-state index contributed by atoms with van der Waals surface area (Å²) < 4.78 is 49.0. The molecule has 0 aliphatic carbocycles. The lowest BCUT2D eigenvalue weighted by molar-refractivity contribution is -0.192. The Bertz CT molecular complexity index is 1200. The molecule has 1 aliphatic heterocycles. The van der Waals surface area contributed by atoms with Crippen molar-refractivity contribution in [2.24, 2.45) is 12.8 Å². The Balaban J connectivity index is 0.000000383. The topological polar surface area (TPSA) is 106 Å². The van der Waals surface area contributed by atoms with Crippen molar-refractivity contribution in [2.45, 2.75) is 31.6 Å². The highest BCUT2D eigenvalue weighted by Gasteiger charge is 2.38. The normalized spacial score (nSPS) is 16.4. The molecule has 3 aromatic rings.